The van der Waals surface area contributed by atoms with Gasteiger partial charge in [0, 0.05) is 50.4 Å². The quantitative estimate of drug-likeness (QED) is 0.733. The first-order valence-corrected chi connectivity index (χ1v) is 10.6. The lowest BCUT2D eigenvalue weighted by atomic mass is 9.97. The first-order chi connectivity index (χ1) is 15.4. The molecular formula is C23H27F2N3O4. The average Bonchev–Trinajstić information content (AvgIpc) is 3.14. The molecule has 2 aliphatic heterocycles. The Bertz CT molecular complexity index is 969. The number of pyridine rings is 1. The highest BCUT2D eigenvalue weighted by molar-refractivity contribution is 5.81. The number of methoxy groups -OCH3 is 1. The summed E-state index contributed by atoms with van der Waals surface area (Å²) in [6.45, 7) is 4.97. The van der Waals surface area contributed by atoms with Crippen LogP contribution in [0.3, 0.4) is 0 Å². The van der Waals surface area contributed by atoms with E-state index in [1.807, 2.05) is 13.1 Å². The molecule has 9 heteroatoms. The lowest BCUT2D eigenvalue weighted by Gasteiger charge is -2.39. The number of amides is 1. The van der Waals surface area contributed by atoms with E-state index in [-0.39, 0.29) is 12.5 Å². The van der Waals surface area contributed by atoms with Crippen molar-refractivity contribution in [2.45, 2.75) is 38.1 Å². The number of hydrogen-bond acceptors (Lipinski definition) is 6. The van der Waals surface area contributed by atoms with E-state index < -0.39 is 23.3 Å². The van der Waals surface area contributed by atoms with Gasteiger partial charge in [0.15, 0.2) is 0 Å². The molecule has 0 bridgehead atoms. The number of aromatic nitrogens is 1. The lowest BCUT2D eigenvalue weighted by Crippen LogP contribution is -2.52. The Morgan fingerprint density at radius 1 is 1.28 bits per heavy atom. The molecule has 2 fully saturated rings. The number of nitrogens with zero attached hydrogens (tertiary/aromatic N) is 2. The number of rotatable bonds is 6. The molecule has 2 atom stereocenters. The van der Waals surface area contributed by atoms with Crippen molar-refractivity contribution in [1.82, 2.24) is 15.2 Å². The number of morpholine rings is 1. The third-order valence-corrected chi connectivity index (χ3v) is 5.80. The highest BCUT2D eigenvalue weighted by atomic mass is 19.1. The van der Waals surface area contributed by atoms with Gasteiger partial charge >= 0.3 is 0 Å². The average molecular weight is 447 g/mol. The first kappa shape index (κ1) is 22.6. The molecule has 0 unspecified atom stereocenters. The van der Waals surface area contributed by atoms with Gasteiger partial charge in [-0.05, 0) is 36.2 Å². The Labute approximate surface area is 185 Å². The Morgan fingerprint density at radius 2 is 2.06 bits per heavy atom. The van der Waals surface area contributed by atoms with Gasteiger partial charge in [-0.25, -0.2) is 13.8 Å². The highest BCUT2D eigenvalue weighted by Gasteiger charge is 2.46. The molecule has 1 spiro atoms. The van der Waals surface area contributed by atoms with Crippen molar-refractivity contribution in [3.63, 3.8) is 0 Å². The van der Waals surface area contributed by atoms with Gasteiger partial charge in [0.2, 0.25) is 11.8 Å². The molecule has 1 amide bonds. The van der Waals surface area contributed by atoms with Gasteiger partial charge in [0.25, 0.3) is 0 Å². The van der Waals surface area contributed by atoms with Crippen molar-refractivity contribution in [2.24, 2.45) is 0 Å². The number of carbonyl (C=O) groups excluding carboxylic acids is 1. The monoisotopic (exact) mass is 447 g/mol. The second-order valence-electron chi connectivity index (χ2n) is 8.41. The third-order valence-electron chi connectivity index (χ3n) is 5.80. The molecule has 1 aromatic carbocycles. The summed E-state index contributed by atoms with van der Waals surface area (Å²) in [7, 11) is 1.60. The fourth-order valence-corrected chi connectivity index (χ4v) is 4.34. The zero-order valence-corrected chi connectivity index (χ0v) is 18.2. The standard InChI is InChI=1S/C23H27F2N3O4/c1-15-5-17(11-27-22(15)30-2)12-28-3-4-32-23(13-28)9-20(31-14-23)21(29)26-10-16-6-18(24)8-19(25)7-16/h5-8,11,20H,3-4,9-10,12-14H2,1-2H3,(H,26,29)/t20-,23+/m0/s1. The third kappa shape index (κ3) is 5.23. The normalized spacial score (nSPS) is 23.4. The number of carbonyl (C=O) groups is 1. The molecule has 3 heterocycles. The molecule has 4 rings (SSSR count). The van der Waals surface area contributed by atoms with Crippen LogP contribution in [0.5, 0.6) is 5.88 Å². The molecule has 0 aliphatic carbocycles. The van der Waals surface area contributed by atoms with Gasteiger partial charge in [-0.1, -0.05) is 0 Å². The van der Waals surface area contributed by atoms with Gasteiger partial charge in [0.05, 0.1) is 20.3 Å². The minimum Gasteiger partial charge on any atom is -0.481 e. The summed E-state index contributed by atoms with van der Waals surface area (Å²) in [5, 5.41) is 2.70. The van der Waals surface area contributed by atoms with Crippen LogP contribution >= 0.6 is 0 Å². The van der Waals surface area contributed by atoms with Crippen molar-refractivity contribution in [2.75, 3.05) is 33.4 Å². The van der Waals surface area contributed by atoms with Crippen LogP contribution in [0.15, 0.2) is 30.5 Å². The second-order valence-corrected chi connectivity index (χ2v) is 8.41. The number of ether oxygens (including phenoxy) is 3. The second kappa shape index (κ2) is 9.48. The zero-order chi connectivity index (χ0) is 22.7. The molecule has 0 radical (unpaired) electrons. The van der Waals surface area contributed by atoms with Crippen LogP contribution in [-0.2, 0) is 27.4 Å². The number of hydrogen-bond donors (Lipinski definition) is 1. The predicted molar refractivity (Wildman–Crippen MR) is 112 cm³/mol. The topological polar surface area (TPSA) is 72.9 Å². The van der Waals surface area contributed by atoms with Gasteiger partial charge in [0.1, 0.15) is 23.3 Å². The predicted octanol–water partition coefficient (Wildman–Crippen LogP) is 2.35. The van der Waals surface area contributed by atoms with Crippen molar-refractivity contribution < 1.29 is 27.8 Å². The van der Waals surface area contributed by atoms with Crippen molar-refractivity contribution >= 4 is 5.91 Å². The number of halogens is 2. The Hall–Kier alpha value is -2.62. The van der Waals surface area contributed by atoms with Crippen LogP contribution in [0.2, 0.25) is 0 Å². The molecule has 2 saturated heterocycles. The van der Waals surface area contributed by atoms with Gasteiger partial charge in [-0.15, -0.1) is 0 Å². The minimum absolute atomic E-state index is 0.0250. The summed E-state index contributed by atoms with van der Waals surface area (Å²) in [6.07, 6.45) is 1.57. The molecule has 7 nitrogen and oxygen atoms in total. The molecule has 172 valence electrons. The maximum absolute atomic E-state index is 13.3. The van der Waals surface area contributed by atoms with Gasteiger partial charge in [-0.3, -0.25) is 9.69 Å². The fourth-order valence-electron chi connectivity index (χ4n) is 4.34. The van der Waals surface area contributed by atoms with Crippen LogP contribution in [-0.4, -0.2) is 60.9 Å². The number of benzene rings is 1. The molecule has 2 aromatic rings. The fraction of sp³-hybridized carbons (Fsp3) is 0.478. The van der Waals surface area contributed by atoms with E-state index in [1.165, 1.54) is 12.1 Å². The largest absolute Gasteiger partial charge is 0.481 e. The van der Waals surface area contributed by atoms with E-state index in [0.717, 1.165) is 23.7 Å². The van der Waals surface area contributed by atoms with E-state index >= 15 is 0 Å². The Balaban J connectivity index is 1.32. The van der Waals surface area contributed by atoms with E-state index in [9.17, 15) is 13.6 Å². The van der Waals surface area contributed by atoms with Crippen LogP contribution in [0.25, 0.3) is 0 Å². The lowest BCUT2D eigenvalue weighted by molar-refractivity contribution is -0.130. The molecule has 2 aliphatic rings. The summed E-state index contributed by atoms with van der Waals surface area (Å²) >= 11 is 0. The van der Waals surface area contributed by atoms with Crippen LogP contribution < -0.4 is 10.1 Å². The van der Waals surface area contributed by atoms with E-state index in [0.29, 0.717) is 44.2 Å². The zero-order valence-electron chi connectivity index (χ0n) is 18.2. The van der Waals surface area contributed by atoms with Crippen LogP contribution in [0.4, 0.5) is 8.78 Å². The molecule has 32 heavy (non-hydrogen) atoms. The number of nitrogens with one attached hydrogen (secondary N) is 1. The van der Waals surface area contributed by atoms with E-state index in [4.69, 9.17) is 14.2 Å². The highest BCUT2D eigenvalue weighted by Crippen LogP contribution is 2.32. The Kier molecular flexibility index (Phi) is 6.68. The summed E-state index contributed by atoms with van der Waals surface area (Å²) in [4.78, 5) is 19.2. The van der Waals surface area contributed by atoms with Crippen LogP contribution in [0, 0.1) is 18.6 Å². The van der Waals surface area contributed by atoms with Crippen molar-refractivity contribution in [1.29, 1.82) is 0 Å². The van der Waals surface area contributed by atoms with Crippen molar-refractivity contribution in [3.8, 4) is 5.88 Å². The summed E-state index contributed by atoms with van der Waals surface area (Å²) < 4.78 is 43.7. The maximum Gasteiger partial charge on any atom is 0.249 e. The minimum atomic E-state index is -0.678. The Morgan fingerprint density at radius 3 is 2.78 bits per heavy atom. The van der Waals surface area contributed by atoms with E-state index in [2.05, 4.69) is 21.3 Å². The first-order valence-electron chi connectivity index (χ1n) is 10.6. The van der Waals surface area contributed by atoms with Crippen LogP contribution in [0.1, 0.15) is 23.1 Å². The smallest absolute Gasteiger partial charge is 0.249 e. The molecule has 0 saturated carbocycles. The summed E-state index contributed by atoms with van der Waals surface area (Å²) in [6, 6.07) is 5.24. The summed E-state index contributed by atoms with van der Waals surface area (Å²) in [5.74, 6) is -1.06. The van der Waals surface area contributed by atoms with E-state index in [1.54, 1.807) is 7.11 Å². The maximum atomic E-state index is 13.3. The molecule has 1 aromatic heterocycles. The molecule has 1 N–H and O–H groups in total. The summed E-state index contributed by atoms with van der Waals surface area (Å²) in [5.41, 5.74) is 1.86. The van der Waals surface area contributed by atoms with Crippen molar-refractivity contribution in [3.05, 3.63) is 58.8 Å². The van der Waals surface area contributed by atoms with Gasteiger partial charge in [-0.2, -0.15) is 0 Å². The number of aryl methyl sites for hydroxylation is 1. The van der Waals surface area contributed by atoms with Gasteiger partial charge < -0.3 is 19.5 Å². The SMILES string of the molecule is COc1ncc(CN2CCO[C@@]3(CO[C@H](C(=O)NCc4cc(F)cc(F)c4)C3)C2)cc1C. The molecular weight excluding hydrogens is 420 g/mol.